The average molecular weight is 584 g/mol. The lowest BCUT2D eigenvalue weighted by Crippen LogP contribution is -2.16. The molecule has 0 aromatic heterocycles. The van der Waals surface area contributed by atoms with Gasteiger partial charge in [-0.1, -0.05) is 48.5 Å². The highest BCUT2D eigenvalue weighted by atomic mass is 79.9. The summed E-state index contributed by atoms with van der Waals surface area (Å²) in [6.45, 7) is 7.25. The molecule has 0 radical (unpaired) electrons. The Morgan fingerprint density at radius 2 is 1.00 bits per heavy atom. The fraction of sp³-hybridized carbons (Fsp3) is 0.214. The van der Waals surface area contributed by atoms with Gasteiger partial charge in [0.1, 0.15) is 0 Å². The zero-order chi connectivity index (χ0) is 24.6. The van der Waals surface area contributed by atoms with Gasteiger partial charge in [-0.25, -0.2) is 9.59 Å². The molecule has 0 fully saturated rings. The first kappa shape index (κ1) is 24.4. The van der Waals surface area contributed by atoms with Gasteiger partial charge < -0.3 is 9.47 Å². The zero-order valence-corrected chi connectivity index (χ0v) is 22.5. The molecule has 4 rings (SSSR count). The normalized spacial score (nSPS) is 11.4. The molecule has 0 spiro atoms. The highest BCUT2D eigenvalue weighted by molar-refractivity contribution is 9.10. The zero-order valence-electron chi connectivity index (χ0n) is 19.3. The first-order valence-corrected chi connectivity index (χ1v) is 12.6. The molecular weight excluding hydrogens is 560 g/mol. The highest BCUT2D eigenvalue weighted by Crippen LogP contribution is 2.44. The summed E-state index contributed by atoms with van der Waals surface area (Å²) in [6, 6.07) is 19.4. The van der Waals surface area contributed by atoms with Crippen LogP contribution in [-0.2, 0) is 9.47 Å². The Kier molecular flexibility index (Phi) is 7.10. The van der Waals surface area contributed by atoms with Crippen molar-refractivity contribution >= 4 is 65.3 Å². The number of fused-ring (bicyclic) bond motifs is 2. The third kappa shape index (κ3) is 4.62. The Hall–Kier alpha value is -2.70. The molecule has 34 heavy (non-hydrogen) atoms. The number of carbonyl (C=O) groups is 2. The van der Waals surface area contributed by atoms with E-state index in [0.29, 0.717) is 31.2 Å². The summed E-state index contributed by atoms with van der Waals surface area (Å²) in [5.41, 5.74) is 2.00. The lowest BCUT2D eigenvalue weighted by Gasteiger charge is -2.21. The molecule has 6 heteroatoms. The van der Waals surface area contributed by atoms with E-state index >= 15 is 0 Å². The minimum atomic E-state index is -0.463. The first-order chi connectivity index (χ1) is 16.2. The van der Waals surface area contributed by atoms with Crippen LogP contribution < -0.4 is 0 Å². The van der Waals surface area contributed by atoms with Gasteiger partial charge in [0.2, 0.25) is 0 Å². The Morgan fingerprint density at radius 1 is 0.647 bits per heavy atom. The predicted octanol–water partition coefficient (Wildman–Crippen LogP) is 8.32. The fourth-order valence-electron chi connectivity index (χ4n) is 4.09. The van der Waals surface area contributed by atoms with E-state index in [-0.39, 0.29) is 12.2 Å². The maximum absolute atomic E-state index is 13.4. The molecule has 0 saturated carbocycles. The summed E-state index contributed by atoms with van der Waals surface area (Å²) >= 11 is 7.22. The third-order valence-electron chi connectivity index (χ3n) is 5.35. The number of rotatable bonds is 5. The average Bonchev–Trinajstić information content (AvgIpc) is 2.76. The summed E-state index contributed by atoms with van der Waals surface area (Å²) in [6.07, 6.45) is -0.605. The second kappa shape index (κ2) is 9.88. The molecule has 0 bridgehead atoms. The van der Waals surface area contributed by atoms with Gasteiger partial charge in [0.15, 0.2) is 0 Å². The van der Waals surface area contributed by atoms with E-state index in [2.05, 4.69) is 31.9 Å². The lowest BCUT2D eigenvalue weighted by atomic mass is 9.87. The first-order valence-electron chi connectivity index (χ1n) is 11.0. The number of carbonyl (C=O) groups excluding carboxylic acids is 2. The van der Waals surface area contributed by atoms with Gasteiger partial charge in [-0.05, 0) is 93.2 Å². The Labute approximate surface area is 215 Å². The van der Waals surface area contributed by atoms with E-state index in [9.17, 15) is 9.59 Å². The predicted molar refractivity (Wildman–Crippen MR) is 143 cm³/mol. The highest BCUT2D eigenvalue weighted by Gasteiger charge is 2.29. The molecule has 0 amide bonds. The van der Waals surface area contributed by atoms with Crippen LogP contribution in [0.1, 0.15) is 48.4 Å². The molecule has 0 N–H and O–H groups in total. The fourth-order valence-corrected chi connectivity index (χ4v) is 5.30. The smallest absolute Gasteiger partial charge is 0.340 e. The van der Waals surface area contributed by atoms with Crippen molar-refractivity contribution in [3.8, 4) is 11.1 Å². The topological polar surface area (TPSA) is 52.6 Å². The standard InChI is InChI=1S/C28H24Br2O4/c1-15(2)33-27(31)25-21(29)13-17-9-5-7-11-19(17)23(25)24-20-12-8-6-10-18(20)14-22(30)26(24)28(32)34-16(3)4/h5-16H,1-4H3. The van der Waals surface area contributed by atoms with Crippen LogP contribution in [0.3, 0.4) is 0 Å². The van der Waals surface area contributed by atoms with Gasteiger partial charge in [-0.2, -0.15) is 0 Å². The summed E-state index contributed by atoms with van der Waals surface area (Å²) in [5, 5.41) is 3.53. The minimum Gasteiger partial charge on any atom is -0.459 e. The molecule has 0 unspecified atom stereocenters. The number of esters is 2. The van der Waals surface area contributed by atoms with Gasteiger partial charge in [-0.15, -0.1) is 0 Å². The molecule has 0 saturated heterocycles. The monoisotopic (exact) mass is 582 g/mol. The summed E-state index contributed by atoms with van der Waals surface area (Å²) < 4.78 is 12.5. The van der Waals surface area contributed by atoms with Gasteiger partial charge in [-0.3, -0.25) is 0 Å². The summed E-state index contributed by atoms with van der Waals surface area (Å²) in [5.74, 6) is -0.926. The number of hydrogen-bond donors (Lipinski definition) is 0. The molecule has 174 valence electrons. The summed E-state index contributed by atoms with van der Waals surface area (Å²) in [7, 11) is 0. The van der Waals surface area contributed by atoms with Gasteiger partial charge in [0, 0.05) is 20.1 Å². The van der Waals surface area contributed by atoms with E-state index in [1.165, 1.54) is 0 Å². The van der Waals surface area contributed by atoms with E-state index in [0.717, 1.165) is 21.5 Å². The third-order valence-corrected chi connectivity index (χ3v) is 6.60. The number of benzene rings is 4. The van der Waals surface area contributed by atoms with Crippen LogP contribution in [0.25, 0.3) is 32.7 Å². The van der Waals surface area contributed by atoms with E-state index in [1.54, 1.807) is 0 Å². The molecule has 0 aliphatic heterocycles. The molecular formula is C28H24Br2O4. The number of hydrogen-bond acceptors (Lipinski definition) is 4. The van der Waals surface area contributed by atoms with Crippen molar-refractivity contribution in [2.24, 2.45) is 0 Å². The van der Waals surface area contributed by atoms with Crippen LogP contribution in [0.15, 0.2) is 69.6 Å². The van der Waals surface area contributed by atoms with E-state index in [1.807, 2.05) is 88.4 Å². The maximum Gasteiger partial charge on any atom is 0.340 e. The Balaban J connectivity index is 2.22. The van der Waals surface area contributed by atoms with Crippen molar-refractivity contribution in [1.29, 1.82) is 0 Å². The van der Waals surface area contributed by atoms with Crippen molar-refractivity contribution < 1.29 is 19.1 Å². The molecule has 0 aliphatic rings. The van der Waals surface area contributed by atoms with Crippen LogP contribution >= 0.6 is 31.9 Å². The molecule has 4 nitrogen and oxygen atoms in total. The van der Waals surface area contributed by atoms with Crippen molar-refractivity contribution in [2.75, 3.05) is 0 Å². The van der Waals surface area contributed by atoms with Crippen molar-refractivity contribution in [3.63, 3.8) is 0 Å². The second-order valence-electron chi connectivity index (χ2n) is 8.57. The Bertz CT molecular complexity index is 1310. The van der Waals surface area contributed by atoms with Gasteiger partial charge >= 0.3 is 11.9 Å². The molecule has 0 heterocycles. The quantitative estimate of drug-likeness (QED) is 0.222. The van der Waals surface area contributed by atoms with Crippen molar-refractivity contribution in [1.82, 2.24) is 0 Å². The van der Waals surface area contributed by atoms with Crippen molar-refractivity contribution in [2.45, 2.75) is 39.9 Å². The largest absolute Gasteiger partial charge is 0.459 e. The summed E-state index contributed by atoms with van der Waals surface area (Å²) in [4.78, 5) is 26.8. The molecule has 4 aromatic rings. The molecule has 0 atom stereocenters. The number of halogens is 2. The van der Waals surface area contributed by atoms with Gasteiger partial charge in [0.05, 0.1) is 23.3 Å². The Morgan fingerprint density at radius 3 is 1.35 bits per heavy atom. The molecule has 4 aromatic carbocycles. The number of ether oxygens (including phenoxy) is 2. The minimum absolute atomic E-state index is 0.302. The van der Waals surface area contributed by atoms with E-state index in [4.69, 9.17) is 9.47 Å². The van der Waals surface area contributed by atoms with E-state index < -0.39 is 11.9 Å². The van der Waals surface area contributed by atoms with Crippen LogP contribution in [0.4, 0.5) is 0 Å². The second-order valence-corrected chi connectivity index (χ2v) is 10.3. The molecule has 0 aliphatic carbocycles. The SMILES string of the molecule is CC(C)OC(=O)c1c(Br)cc2ccccc2c1-c1c(C(=O)OC(C)C)c(Br)cc2ccccc12. The van der Waals surface area contributed by atoms with Crippen molar-refractivity contribution in [3.05, 3.63) is 80.7 Å². The van der Waals surface area contributed by atoms with Gasteiger partial charge in [0.25, 0.3) is 0 Å². The lowest BCUT2D eigenvalue weighted by molar-refractivity contribution is 0.0364. The van der Waals surface area contributed by atoms with Crippen LogP contribution in [0.2, 0.25) is 0 Å². The van der Waals surface area contributed by atoms with Crippen LogP contribution in [0.5, 0.6) is 0 Å². The van der Waals surface area contributed by atoms with Crippen LogP contribution in [-0.4, -0.2) is 24.1 Å². The maximum atomic E-state index is 13.4. The van der Waals surface area contributed by atoms with Crippen LogP contribution in [0, 0.1) is 0 Å².